The molecule has 2 nitrogen and oxygen atoms in total. The van der Waals surface area contributed by atoms with Crippen LogP contribution in [0.25, 0.3) is 0 Å². The predicted octanol–water partition coefficient (Wildman–Crippen LogP) is 3.87. The van der Waals surface area contributed by atoms with E-state index < -0.39 is 0 Å². The van der Waals surface area contributed by atoms with Gasteiger partial charge >= 0.3 is 0 Å². The van der Waals surface area contributed by atoms with Crippen LogP contribution in [0.5, 0.6) is 0 Å². The summed E-state index contributed by atoms with van der Waals surface area (Å²) in [5.41, 5.74) is 0.537. The van der Waals surface area contributed by atoms with Crippen molar-refractivity contribution in [3.05, 3.63) is 0 Å². The maximum Gasteiger partial charge on any atom is 0.0180 e. The van der Waals surface area contributed by atoms with Gasteiger partial charge in [0.05, 0.1) is 0 Å². The third-order valence-corrected chi connectivity index (χ3v) is 5.47. The Morgan fingerprint density at radius 3 is 2.40 bits per heavy atom. The van der Waals surface area contributed by atoms with Crippen molar-refractivity contribution < 1.29 is 0 Å². The molecule has 0 amide bonds. The molecule has 1 aliphatic carbocycles. The molecule has 0 radical (unpaired) electrons. The Labute approximate surface area is 131 Å². The Morgan fingerprint density at radius 1 is 1.25 bits per heavy atom. The summed E-state index contributed by atoms with van der Waals surface area (Å²) in [5, 5.41) is 3.73. The second-order valence-electron chi connectivity index (χ2n) is 7.16. The van der Waals surface area contributed by atoms with Gasteiger partial charge in [-0.2, -0.15) is 11.8 Å². The molecule has 1 aliphatic rings. The summed E-state index contributed by atoms with van der Waals surface area (Å²) in [6, 6.07) is 0.743. The average Bonchev–Trinajstić information content (AvgIpc) is 2.84. The van der Waals surface area contributed by atoms with Gasteiger partial charge in [0.25, 0.3) is 0 Å². The fourth-order valence-corrected chi connectivity index (χ4v) is 4.42. The number of rotatable bonds is 10. The quantitative estimate of drug-likeness (QED) is 0.659. The molecule has 1 fully saturated rings. The van der Waals surface area contributed by atoms with E-state index in [1.165, 1.54) is 50.9 Å². The van der Waals surface area contributed by atoms with E-state index in [1.807, 2.05) is 11.8 Å². The van der Waals surface area contributed by atoms with Crippen molar-refractivity contribution in [1.29, 1.82) is 0 Å². The van der Waals surface area contributed by atoms with Gasteiger partial charge in [-0.05, 0) is 50.4 Å². The first kappa shape index (κ1) is 18.3. The van der Waals surface area contributed by atoms with Crippen molar-refractivity contribution in [3.63, 3.8) is 0 Å². The molecule has 0 aromatic rings. The molecule has 1 N–H and O–H groups in total. The highest BCUT2D eigenvalue weighted by molar-refractivity contribution is 7.98. The van der Waals surface area contributed by atoms with Crippen LogP contribution in [-0.2, 0) is 0 Å². The second-order valence-corrected chi connectivity index (χ2v) is 8.08. The van der Waals surface area contributed by atoms with Crippen LogP contribution >= 0.6 is 11.8 Å². The molecule has 1 unspecified atom stereocenters. The number of hydrogen-bond acceptors (Lipinski definition) is 3. The molecule has 3 heteroatoms. The van der Waals surface area contributed by atoms with E-state index in [9.17, 15) is 0 Å². The molecule has 0 aliphatic heterocycles. The lowest BCUT2D eigenvalue weighted by atomic mass is 9.85. The van der Waals surface area contributed by atoms with Gasteiger partial charge in [-0.3, -0.25) is 0 Å². The Hall–Kier alpha value is 0.270. The standard InChI is InChI=1S/C17H36N2S/c1-6-16(12-20-5)19(4)14-17(9-7-8-10-17)13-18-11-15(2)3/h15-16,18H,6-14H2,1-5H3. The summed E-state index contributed by atoms with van der Waals surface area (Å²) >= 11 is 1.98. The van der Waals surface area contributed by atoms with E-state index in [-0.39, 0.29) is 0 Å². The maximum atomic E-state index is 3.73. The Balaban J connectivity index is 2.52. The normalized spacial score (nSPS) is 19.9. The number of nitrogens with one attached hydrogen (secondary N) is 1. The minimum absolute atomic E-state index is 0.537. The molecule has 0 aromatic carbocycles. The second kappa shape index (κ2) is 9.32. The van der Waals surface area contributed by atoms with Crippen molar-refractivity contribution >= 4 is 11.8 Å². The average molecular weight is 301 g/mol. The first-order valence-corrected chi connectivity index (χ1v) is 9.82. The number of nitrogens with zero attached hydrogens (tertiary/aromatic N) is 1. The molecule has 20 heavy (non-hydrogen) atoms. The maximum absolute atomic E-state index is 3.73. The zero-order valence-electron chi connectivity index (χ0n) is 14.4. The van der Waals surface area contributed by atoms with Crippen LogP contribution in [0.3, 0.4) is 0 Å². The van der Waals surface area contributed by atoms with E-state index in [2.05, 4.69) is 44.3 Å². The van der Waals surface area contributed by atoms with E-state index in [0.29, 0.717) is 5.41 Å². The summed E-state index contributed by atoms with van der Waals surface area (Å²) in [7, 11) is 2.34. The SMILES string of the molecule is CCC(CSC)N(C)CC1(CNCC(C)C)CCCC1. The largest absolute Gasteiger partial charge is 0.316 e. The highest BCUT2D eigenvalue weighted by atomic mass is 32.2. The van der Waals surface area contributed by atoms with Gasteiger partial charge in [0, 0.05) is 24.9 Å². The first-order chi connectivity index (χ1) is 9.53. The molecule has 120 valence electrons. The summed E-state index contributed by atoms with van der Waals surface area (Å²) < 4.78 is 0. The Morgan fingerprint density at radius 2 is 1.90 bits per heavy atom. The van der Waals surface area contributed by atoms with E-state index >= 15 is 0 Å². The van der Waals surface area contributed by atoms with Crippen LogP contribution in [0.15, 0.2) is 0 Å². The molecule has 1 rings (SSSR count). The lowest BCUT2D eigenvalue weighted by Gasteiger charge is -2.37. The van der Waals surface area contributed by atoms with Crippen molar-refractivity contribution in [3.8, 4) is 0 Å². The summed E-state index contributed by atoms with van der Waals surface area (Å²) in [6.45, 7) is 10.6. The molecular weight excluding hydrogens is 264 g/mol. The minimum Gasteiger partial charge on any atom is -0.316 e. The zero-order valence-corrected chi connectivity index (χ0v) is 15.2. The first-order valence-electron chi connectivity index (χ1n) is 8.43. The van der Waals surface area contributed by atoms with Crippen molar-refractivity contribution in [2.75, 3.05) is 38.7 Å². The van der Waals surface area contributed by atoms with Gasteiger partial charge < -0.3 is 10.2 Å². The van der Waals surface area contributed by atoms with Crippen LogP contribution in [0.4, 0.5) is 0 Å². The molecule has 0 heterocycles. The molecule has 0 aromatic heterocycles. The Kier molecular flexibility index (Phi) is 8.54. The predicted molar refractivity (Wildman–Crippen MR) is 93.7 cm³/mol. The van der Waals surface area contributed by atoms with Crippen molar-refractivity contribution in [2.45, 2.75) is 58.9 Å². The minimum atomic E-state index is 0.537. The molecule has 0 spiro atoms. The monoisotopic (exact) mass is 300 g/mol. The lowest BCUT2D eigenvalue weighted by Crippen LogP contribution is -2.46. The number of thioether (sulfide) groups is 1. The molecule has 1 atom stereocenters. The highest BCUT2D eigenvalue weighted by Gasteiger charge is 2.35. The van der Waals surface area contributed by atoms with E-state index in [4.69, 9.17) is 0 Å². The zero-order chi connectivity index (χ0) is 15.0. The van der Waals surface area contributed by atoms with Gasteiger partial charge in [-0.25, -0.2) is 0 Å². The summed E-state index contributed by atoms with van der Waals surface area (Å²) in [5.74, 6) is 2.02. The lowest BCUT2D eigenvalue weighted by molar-refractivity contribution is 0.140. The van der Waals surface area contributed by atoms with Gasteiger partial charge in [-0.15, -0.1) is 0 Å². The summed E-state index contributed by atoms with van der Waals surface area (Å²) in [6.07, 6.45) is 9.18. The third-order valence-electron chi connectivity index (χ3n) is 4.76. The van der Waals surface area contributed by atoms with Crippen LogP contribution in [0.2, 0.25) is 0 Å². The van der Waals surface area contributed by atoms with E-state index in [1.54, 1.807) is 0 Å². The highest BCUT2D eigenvalue weighted by Crippen LogP contribution is 2.38. The third kappa shape index (κ3) is 5.95. The van der Waals surface area contributed by atoms with Gasteiger partial charge in [0.15, 0.2) is 0 Å². The van der Waals surface area contributed by atoms with Gasteiger partial charge in [0.1, 0.15) is 0 Å². The topological polar surface area (TPSA) is 15.3 Å². The van der Waals surface area contributed by atoms with E-state index in [0.717, 1.165) is 18.5 Å². The van der Waals surface area contributed by atoms with Crippen LogP contribution < -0.4 is 5.32 Å². The van der Waals surface area contributed by atoms with Gasteiger partial charge in [-0.1, -0.05) is 33.6 Å². The fraction of sp³-hybridized carbons (Fsp3) is 1.00. The Bertz CT molecular complexity index is 249. The molecule has 0 saturated heterocycles. The molecular formula is C17H36N2S. The molecule has 1 saturated carbocycles. The van der Waals surface area contributed by atoms with Crippen molar-refractivity contribution in [1.82, 2.24) is 10.2 Å². The number of hydrogen-bond donors (Lipinski definition) is 1. The summed E-state index contributed by atoms with van der Waals surface area (Å²) in [4.78, 5) is 2.64. The van der Waals surface area contributed by atoms with Crippen LogP contribution in [0, 0.1) is 11.3 Å². The van der Waals surface area contributed by atoms with Gasteiger partial charge in [0.2, 0.25) is 0 Å². The smallest absolute Gasteiger partial charge is 0.0180 e. The fourth-order valence-electron chi connectivity index (χ4n) is 3.55. The molecule has 0 bridgehead atoms. The van der Waals surface area contributed by atoms with Crippen molar-refractivity contribution in [2.24, 2.45) is 11.3 Å². The van der Waals surface area contributed by atoms with Crippen LogP contribution in [-0.4, -0.2) is 49.6 Å². The van der Waals surface area contributed by atoms with Crippen LogP contribution in [0.1, 0.15) is 52.9 Å².